The zero-order chi connectivity index (χ0) is 29.9. The predicted octanol–water partition coefficient (Wildman–Crippen LogP) is 4.49. The van der Waals surface area contributed by atoms with Crippen molar-refractivity contribution < 1.29 is 28.6 Å². The maximum Gasteiger partial charge on any atom is 0.424 e. The Balaban J connectivity index is 1.07. The number of methoxy groups -OCH3 is 1. The fraction of sp³-hybridized carbons (Fsp3) is 0.438. The van der Waals surface area contributed by atoms with Crippen LogP contribution in [0.4, 0.5) is 10.6 Å². The number of anilines is 1. The van der Waals surface area contributed by atoms with Crippen LogP contribution in [0, 0.1) is 5.92 Å². The lowest BCUT2D eigenvalue weighted by molar-refractivity contribution is -0.119. The van der Waals surface area contributed by atoms with Crippen molar-refractivity contribution in [3.8, 4) is 11.5 Å². The molecule has 3 aromatic rings. The largest absolute Gasteiger partial charge is 0.496 e. The first-order chi connectivity index (χ1) is 20.9. The second kappa shape index (κ2) is 12.5. The minimum absolute atomic E-state index is 0.145. The molecule has 1 unspecified atom stereocenters. The number of aromatic amines is 1. The quantitative estimate of drug-likeness (QED) is 0.351. The van der Waals surface area contributed by atoms with Gasteiger partial charge in [0.1, 0.15) is 24.2 Å². The smallest absolute Gasteiger partial charge is 0.424 e. The molecule has 2 amide bonds. The minimum Gasteiger partial charge on any atom is -0.496 e. The van der Waals surface area contributed by atoms with Gasteiger partial charge in [0, 0.05) is 49.8 Å². The number of aromatic nitrogens is 2. The third-order valence-corrected chi connectivity index (χ3v) is 8.78. The highest BCUT2D eigenvalue weighted by Crippen LogP contribution is 2.41. The minimum atomic E-state index is -0.383. The fourth-order valence-electron chi connectivity index (χ4n) is 6.46. The number of ether oxygens (including phenoxy) is 3. The lowest BCUT2D eigenvalue weighted by atomic mass is 10.0. The predicted molar refractivity (Wildman–Crippen MR) is 158 cm³/mol. The van der Waals surface area contributed by atoms with Crippen molar-refractivity contribution in [3.63, 3.8) is 0 Å². The van der Waals surface area contributed by atoms with E-state index in [0.717, 1.165) is 54.5 Å². The molecule has 1 saturated heterocycles. The maximum atomic E-state index is 13.3. The van der Waals surface area contributed by atoms with E-state index >= 15 is 0 Å². The monoisotopic (exact) mass is 587 g/mol. The first-order valence-electron chi connectivity index (χ1n) is 14.8. The molecule has 2 fully saturated rings. The summed E-state index contributed by atoms with van der Waals surface area (Å²) in [6.45, 7) is 1.86. The van der Waals surface area contributed by atoms with Crippen molar-refractivity contribution in [1.82, 2.24) is 20.2 Å². The summed E-state index contributed by atoms with van der Waals surface area (Å²) >= 11 is 0. The summed E-state index contributed by atoms with van der Waals surface area (Å²) in [6.07, 6.45) is 4.52. The molecule has 1 saturated carbocycles. The van der Waals surface area contributed by atoms with E-state index in [1.165, 1.54) is 0 Å². The first-order valence-corrected chi connectivity index (χ1v) is 14.8. The lowest BCUT2D eigenvalue weighted by Crippen LogP contribution is -2.40. The number of rotatable bonds is 9. The van der Waals surface area contributed by atoms with E-state index in [2.05, 4.69) is 15.5 Å². The van der Waals surface area contributed by atoms with Gasteiger partial charge in [0.15, 0.2) is 12.1 Å². The Hall–Kier alpha value is -4.38. The number of carbonyl (C=O) groups excluding carboxylic acids is 3. The van der Waals surface area contributed by atoms with Crippen molar-refractivity contribution >= 4 is 24.1 Å². The molecule has 2 heterocycles. The molecule has 226 valence electrons. The molecule has 2 aromatic carbocycles. The van der Waals surface area contributed by atoms with Crippen LogP contribution >= 0.6 is 0 Å². The number of hydrogen-bond acceptors (Lipinski definition) is 8. The lowest BCUT2D eigenvalue weighted by Gasteiger charge is -2.25. The summed E-state index contributed by atoms with van der Waals surface area (Å²) in [4.78, 5) is 38.1. The highest BCUT2D eigenvalue weighted by Gasteiger charge is 2.35. The maximum absolute atomic E-state index is 13.3. The molecule has 1 aromatic heterocycles. The SMILES string of the molecule is COc1cc(OCc2ccccc2)c(C=O)c2c1CC(C(=O)Nc1cc([C@H]3CC[C@@H](OC(=O)N4CCCN4C)C3)[nH]n1)C2. The Labute approximate surface area is 250 Å². The van der Waals surface area contributed by atoms with Crippen LogP contribution in [0.2, 0.25) is 0 Å². The number of carbonyl (C=O) groups is 3. The van der Waals surface area contributed by atoms with Gasteiger partial charge >= 0.3 is 6.09 Å². The highest BCUT2D eigenvalue weighted by molar-refractivity contribution is 5.94. The van der Waals surface area contributed by atoms with E-state index < -0.39 is 0 Å². The molecule has 11 heteroatoms. The number of hydrazine groups is 1. The van der Waals surface area contributed by atoms with Gasteiger partial charge < -0.3 is 19.5 Å². The van der Waals surface area contributed by atoms with Gasteiger partial charge in [0.2, 0.25) is 5.91 Å². The van der Waals surface area contributed by atoms with E-state index in [-0.39, 0.29) is 29.9 Å². The molecule has 43 heavy (non-hydrogen) atoms. The Morgan fingerprint density at radius 2 is 1.91 bits per heavy atom. The first kappa shape index (κ1) is 28.7. The third-order valence-electron chi connectivity index (χ3n) is 8.78. The number of nitrogens with zero attached hydrogens (tertiary/aromatic N) is 3. The van der Waals surface area contributed by atoms with Crippen LogP contribution in [0.1, 0.15) is 64.3 Å². The summed E-state index contributed by atoms with van der Waals surface area (Å²) in [5.41, 5.74) is 3.99. The fourth-order valence-corrected chi connectivity index (χ4v) is 6.46. The van der Waals surface area contributed by atoms with Crippen molar-refractivity contribution in [2.75, 3.05) is 32.6 Å². The molecule has 0 spiro atoms. The molecule has 2 N–H and O–H groups in total. The summed E-state index contributed by atoms with van der Waals surface area (Å²) in [7, 11) is 3.47. The summed E-state index contributed by atoms with van der Waals surface area (Å²) in [5.74, 6) is 1.11. The molecule has 0 radical (unpaired) electrons. The van der Waals surface area contributed by atoms with Crippen molar-refractivity contribution in [1.29, 1.82) is 0 Å². The molecule has 11 nitrogen and oxygen atoms in total. The van der Waals surface area contributed by atoms with E-state index in [4.69, 9.17) is 14.2 Å². The van der Waals surface area contributed by atoms with Crippen LogP contribution in [0.5, 0.6) is 11.5 Å². The van der Waals surface area contributed by atoms with Gasteiger partial charge in [-0.3, -0.25) is 14.7 Å². The number of nitrogens with one attached hydrogen (secondary N) is 2. The summed E-state index contributed by atoms with van der Waals surface area (Å²) < 4.78 is 17.4. The van der Waals surface area contributed by atoms with E-state index in [0.29, 0.717) is 55.3 Å². The van der Waals surface area contributed by atoms with E-state index in [9.17, 15) is 14.4 Å². The van der Waals surface area contributed by atoms with Gasteiger partial charge in [-0.1, -0.05) is 30.3 Å². The van der Waals surface area contributed by atoms with Crippen LogP contribution in [0.3, 0.4) is 0 Å². The van der Waals surface area contributed by atoms with Gasteiger partial charge in [-0.05, 0) is 55.2 Å². The Morgan fingerprint density at radius 3 is 2.65 bits per heavy atom. The normalized spacial score (nSPS) is 21.4. The third kappa shape index (κ3) is 6.08. The van der Waals surface area contributed by atoms with Crippen LogP contribution in [0.15, 0.2) is 42.5 Å². The molecule has 0 bridgehead atoms. The average Bonchev–Trinajstić information content (AvgIpc) is 3.83. The van der Waals surface area contributed by atoms with Gasteiger partial charge in [-0.25, -0.2) is 14.8 Å². The molecule has 2 aliphatic carbocycles. The van der Waals surface area contributed by atoms with Crippen molar-refractivity contribution in [2.24, 2.45) is 5.92 Å². The Bertz CT molecular complexity index is 1490. The average molecular weight is 588 g/mol. The van der Waals surface area contributed by atoms with Crippen molar-refractivity contribution in [3.05, 3.63) is 70.4 Å². The summed E-state index contributed by atoms with van der Waals surface area (Å²) in [5, 5.41) is 13.9. The number of fused-ring (bicyclic) bond motifs is 1. The number of benzene rings is 2. The van der Waals surface area contributed by atoms with Gasteiger partial charge in [0.25, 0.3) is 0 Å². The zero-order valence-electron chi connectivity index (χ0n) is 24.5. The molecular formula is C32H37N5O6. The molecule has 3 aliphatic rings. The van der Waals surface area contributed by atoms with Gasteiger partial charge in [-0.15, -0.1) is 0 Å². The van der Waals surface area contributed by atoms with Crippen LogP contribution in [-0.4, -0.2) is 71.9 Å². The van der Waals surface area contributed by atoms with Crippen LogP contribution in [0.25, 0.3) is 0 Å². The Morgan fingerprint density at radius 1 is 1.09 bits per heavy atom. The second-order valence-electron chi connectivity index (χ2n) is 11.5. The molecule has 1 aliphatic heterocycles. The van der Waals surface area contributed by atoms with Crippen LogP contribution in [-0.2, 0) is 29.0 Å². The standard InChI is InChI=1S/C32H37N5O6/c1-36-11-6-12-37(36)32(40)43-23-10-9-21(13-23)27-16-30(35-34-27)33-31(39)22-14-24-25(15-22)28(41-2)17-29(26(24)18-38)42-19-20-7-4-3-5-8-20/h3-5,7-8,16-18,21-23H,6,9-15,19H2,1-2H3,(H2,33,34,35,39)/t21-,22?,23+/m0/s1. The molecule has 6 rings (SSSR count). The topological polar surface area (TPSA) is 126 Å². The van der Waals surface area contributed by atoms with Gasteiger partial charge in [0.05, 0.1) is 12.7 Å². The van der Waals surface area contributed by atoms with E-state index in [1.54, 1.807) is 18.2 Å². The Kier molecular flexibility index (Phi) is 8.33. The van der Waals surface area contributed by atoms with Crippen LogP contribution < -0.4 is 14.8 Å². The zero-order valence-corrected chi connectivity index (χ0v) is 24.5. The number of H-pyrrole nitrogens is 1. The molecular weight excluding hydrogens is 550 g/mol. The van der Waals surface area contributed by atoms with E-state index in [1.807, 2.05) is 48.5 Å². The highest BCUT2D eigenvalue weighted by atomic mass is 16.6. The number of hydrogen-bond donors (Lipinski definition) is 2. The summed E-state index contributed by atoms with van der Waals surface area (Å²) in [6, 6.07) is 13.3. The molecule has 3 atom stereocenters. The second-order valence-corrected chi connectivity index (χ2v) is 11.5. The number of aldehydes is 1. The van der Waals surface area contributed by atoms with Crippen molar-refractivity contribution in [2.45, 2.75) is 57.2 Å². The van der Waals surface area contributed by atoms with Gasteiger partial charge in [-0.2, -0.15) is 5.10 Å². The number of amides is 2.